The molecule has 7 atom stereocenters. The number of aromatic nitrogens is 8. The summed E-state index contributed by atoms with van der Waals surface area (Å²) in [7, 11) is 6.25. The van der Waals surface area contributed by atoms with Crippen LogP contribution in [0, 0.1) is 25.7 Å². The maximum Gasteiger partial charge on any atom is 0.272 e. The van der Waals surface area contributed by atoms with Crippen molar-refractivity contribution in [3.63, 3.8) is 0 Å². The first-order valence-corrected chi connectivity index (χ1v) is 37.2. The molecule has 16 N–H and O–H groups in total. The predicted octanol–water partition coefficient (Wildman–Crippen LogP) is 12.0. The lowest BCUT2D eigenvalue weighted by Crippen LogP contribution is -2.41. The van der Waals surface area contributed by atoms with Gasteiger partial charge < -0.3 is 80.0 Å². The number of alkyl halides is 3. The summed E-state index contributed by atoms with van der Waals surface area (Å²) >= 11 is 0. The van der Waals surface area contributed by atoms with Gasteiger partial charge in [-0.25, -0.2) is 53.0 Å². The van der Waals surface area contributed by atoms with E-state index in [-0.39, 0.29) is 76.5 Å². The number of halogens is 3. The van der Waals surface area contributed by atoms with Crippen LogP contribution in [0.5, 0.6) is 0 Å². The van der Waals surface area contributed by atoms with Crippen LogP contribution in [0.15, 0.2) is 140 Å². The van der Waals surface area contributed by atoms with Crippen LogP contribution in [-0.2, 0) is 20.2 Å². The number of carbonyl (C=O) groups is 6. The largest absolute Gasteiger partial charge is 0.381 e. The highest BCUT2D eigenvalue weighted by molar-refractivity contribution is 6.02. The van der Waals surface area contributed by atoms with Gasteiger partial charge in [-0.15, -0.1) is 0 Å². The second-order valence-corrected chi connectivity index (χ2v) is 28.1. The molecule has 112 heavy (non-hydrogen) atoms. The molecule has 3 saturated carbocycles. The summed E-state index contributed by atoms with van der Waals surface area (Å²) in [6, 6.07) is 28.7. The van der Waals surface area contributed by atoms with E-state index in [4.69, 9.17) is 16.2 Å². The molecule has 4 fully saturated rings. The maximum atomic E-state index is 14.7. The zero-order valence-corrected chi connectivity index (χ0v) is 63.9. The average molecular weight is 1540 g/mol. The van der Waals surface area contributed by atoms with E-state index in [1.807, 2.05) is 80.6 Å². The number of nitrogens with two attached hydrogens (primary N) is 2. The van der Waals surface area contributed by atoms with E-state index in [1.54, 1.807) is 64.9 Å². The Hall–Kier alpha value is -12.4. The number of benzene rings is 1. The molecule has 0 bridgehead atoms. The molecule has 6 amide bonds. The van der Waals surface area contributed by atoms with Gasteiger partial charge in [0.25, 0.3) is 29.6 Å². The summed E-state index contributed by atoms with van der Waals surface area (Å²) in [5, 5.41) is 37.2. The Balaban J connectivity index is 0.000000158. The molecule has 9 heterocycles. The molecule has 32 heteroatoms. The van der Waals surface area contributed by atoms with E-state index in [2.05, 4.69) is 104 Å². The Morgan fingerprint density at radius 3 is 1.25 bits per heavy atom. The minimum absolute atomic E-state index is 0.109. The SMILES string of the molecule is CNC(=O)c1cnc(Nc2ccc(C(C)(F)F)cn2)cc1N[C@H]1CCC[C@@]1(C)F.CNC(=O)c1cnc(Nc2ccc(C)cn2)cc1N[C@H]1CCCC[C@H]1C(N)=O.CNC(=O)c1cnc(Nc2ccc(C)cn2)cc1N[C@H]1CCCC[C@H]1C(N)=O.CNC(=O)c1cnc(Nc2ccc3ccccc3n2)cc1N[C@@H]1CCOC1. The van der Waals surface area contributed by atoms with E-state index >= 15 is 0 Å². The fourth-order valence-electron chi connectivity index (χ4n) is 13.4. The monoisotopic (exact) mass is 1530 g/mol. The number of para-hydroxylation sites is 1. The summed E-state index contributed by atoms with van der Waals surface area (Å²) in [5.74, 6) is -0.728. The molecule has 1 saturated heterocycles. The van der Waals surface area contributed by atoms with Gasteiger partial charge in [-0.3, -0.25) is 28.8 Å². The Bertz CT molecular complexity index is 4600. The van der Waals surface area contributed by atoms with Crippen molar-refractivity contribution in [3.05, 3.63) is 179 Å². The number of hydrogen-bond acceptors (Lipinski definition) is 23. The highest BCUT2D eigenvalue weighted by atomic mass is 19.3. The maximum absolute atomic E-state index is 14.7. The standard InChI is InChI=1S/C20H24F3N5O.2C20H26N6O2.C20H21N5O2/c1-19(21)8-4-5-15(19)27-14-9-17(26-11-13(14)18(29)24-3)28-16-7-6-12(10-25-16)20(2,22)23;2*1-12-7-8-17(23-10-12)26-18-9-16(14(11-24-18)20(28)22-2)25-15-6-4-3-5-13(15)19(21)27;1-21-20(26)15-11-22-19(10-17(15)23-14-8-9-27-12-14)25-18-7-6-13-4-2-3-5-16(13)24-18/h6-7,9-11,15H,4-5,8H2,1-3H3,(H,24,29)(H2,25,26,27,28);2*7-11,13,15H,3-6H2,1-2H3,(H2,21,27)(H,22,28)(H2,23,24,25,26);2-7,10-11,14H,8-9,12H2,1H3,(H,21,26)(H2,22,23,24,25)/t15-,19+;2*13-,15+;14-/m0111/s1. The van der Waals surface area contributed by atoms with Crippen LogP contribution in [0.1, 0.15) is 149 Å². The molecule has 0 radical (unpaired) electrons. The van der Waals surface area contributed by atoms with Gasteiger partial charge in [-0.05, 0) is 126 Å². The summed E-state index contributed by atoms with van der Waals surface area (Å²) in [4.78, 5) is 107. The van der Waals surface area contributed by atoms with E-state index in [0.29, 0.717) is 99.7 Å². The molecule has 29 nitrogen and oxygen atoms in total. The lowest BCUT2D eigenvalue weighted by molar-refractivity contribution is -0.123. The third-order valence-corrected chi connectivity index (χ3v) is 19.7. The van der Waals surface area contributed by atoms with Crippen LogP contribution in [-0.4, -0.2) is 147 Å². The van der Waals surface area contributed by atoms with Crippen LogP contribution in [0.3, 0.4) is 0 Å². The van der Waals surface area contributed by atoms with Crippen LogP contribution >= 0.6 is 0 Å². The number of anilines is 12. The van der Waals surface area contributed by atoms with Crippen molar-refractivity contribution >= 4 is 116 Å². The van der Waals surface area contributed by atoms with Crippen molar-refractivity contribution < 1.29 is 46.7 Å². The number of aryl methyl sites for hydroxylation is 2. The zero-order valence-electron chi connectivity index (χ0n) is 63.9. The Labute approximate surface area is 647 Å². The molecule has 3 aliphatic carbocycles. The van der Waals surface area contributed by atoms with Gasteiger partial charge in [0, 0.05) is 132 Å². The van der Waals surface area contributed by atoms with E-state index in [1.165, 1.54) is 37.8 Å². The molecule has 8 aromatic heterocycles. The first kappa shape index (κ1) is 82.2. The Kier molecular flexibility index (Phi) is 28.1. The zero-order chi connectivity index (χ0) is 80.1. The van der Waals surface area contributed by atoms with Gasteiger partial charge in [0.05, 0.1) is 81.0 Å². The summed E-state index contributed by atoms with van der Waals surface area (Å²) < 4.78 is 46.8. The fourth-order valence-corrected chi connectivity index (χ4v) is 13.4. The van der Waals surface area contributed by atoms with Crippen molar-refractivity contribution in [1.29, 1.82) is 0 Å². The molecule has 9 aromatic rings. The number of carbonyl (C=O) groups excluding carboxylic acids is 6. The summed E-state index contributed by atoms with van der Waals surface area (Å²) in [6.07, 6.45) is 20.5. The Morgan fingerprint density at radius 1 is 0.464 bits per heavy atom. The topological polar surface area (TPSA) is 411 Å². The second-order valence-electron chi connectivity index (χ2n) is 28.1. The smallest absolute Gasteiger partial charge is 0.272 e. The molecule has 1 aromatic carbocycles. The van der Waals surface area contributed by atoms with Crippen LogP contribution < -0.4 is 75.3 Å². The van der Waals surface area contributed by atoms with Crippen LogP contribution in [0.25, 0.3) is 10.9 Å². The lowest BCUT2D eigenvalue weighted by atomic mass is 9.84. The first-order chi connectivity index (χ1) is 53.8. The number of fused-ring (bicyclic) bond motifs is 1. The molecule has 0 unspecified atom stereocenters. The van der Waals surface area contributed by atoms with Gasteiger partial charge in [0.1, 0.15) is 52.2 Å². The number of hydrogen-bond donors (Lipinski definition) is 14. The van der Waals surface area contributed by atoms with E-state index in [9.17, 15) is 41.9 Å². The number of nitrogens with zero attached hydrogens (tertiary/aromatic N) is 8. The first-order valence-electron chi connectivity index (χ1n) is 37.2. The van der Waals surface area contributed by atoms with Crippen molar-refractivity contribution in [3.8, 4) is 0 Å². The third-order valence-electron chi connectivity index (χ3n) is 19.7. The molecule has 1 aliphatic heterocycles. The fraction of sp³-hybridized carbons (Fsp3) is 0.375. The van der Waals surface area contributed by atoms with Gasteiger partial charge >= 0.3 is 0 Å². The molecule has 13 rings (SSSR count). The number of primary amides is 2. The minimum Gasteiger partial charge on any atom is -0.381 e. The number of ether oxygens (including phenoxy) is 1. The van der Waals surface area contributed by atoms with Gasteiger partial charge in [-0.2, -0.15) is 0 Å². The molecular formula is C80H97F3N22O7. The summed E-state index contributed by atoms with van der Waals surface area (Å²) in [6.45, 7) is 7.64. The van der Waals surface area contributed by atoms with Gasteiger partial charge in [0.15, 0.2) is 0 Å². The second kappa shape index (κ2) is 38.3. The average Bonchev–Trinajstić information content (AvgIpc) is 1.44. The van der Waals surface area contributed by atoms with E-state index < -0.39 is 17.6 Å². The predicted molar refractivity (Wildman–Crippen MR) is 428 cm³/mol. The highest BCUT2D eigenvalue weighted by Crippen LogP contribution is 2.38. The van der Waals surface area contributed by atoms with Crippen molar-refractivity contribution in [2.75, 3.05) is 83.9 Å². The number of nitrogens with one attached hydrogen (secondary N) is 12. The summed E-state index contributed by atoms with van der Waals surface area (Å²) in [5.41, 5.74) is 16.6. The molecule has 4 aliphatic rings. The molecular weight excluding hydrogens is 1440 g/mol. The van der Waals surface area contributed by atoms with Crippen LogP contribution in [0.2, 0.25) is 0 Å². The van der Waals surface area contributed by atoms with Crippen molar-refractivity contribution in [1.82, 2.24) is 61.1 Å². The van der Waals surface area contributed by atoms with Crippen molar-refractivity contribution in [2.24, 2.45) is 23.3 Å². The van der Waals surface area contributed by atoms with Gasteiger partial charge in [-0.1, -0.05) is 56.0 Å². The minimum atomic E-state index is -2.98. The number of pyridine rings is 8. The third kappa shape index (κ3) is 22.4. The van der Waals surface area contributed by atoms with Crippen LogP contribution in [0.4, 0.5) is 82.5 Å². The lowest BCUT2D eigenvalue weighted by Gasteiger charge is -2.31. The number of amides is 6. The normalized spacial score (nSPS) is 19.0. The number of rotatable bonds is 23. The van der Waals surface area contributed by atoms with Gasteiger partial charge in [0.2, 0.25) is 11.8 Å². The molecule has 590 valence electrons. The highest BCUT2D eigenvalue weighted by Gasteiger charge is 2.40. The molecule has 0 spiro atoms. The van der Waals surface area contributed by atoms with Crippen molar-refractivity contribution in [2.45, 2.75) is 141 Å². The van der Waals surface area contributed by atoms with E-state index in [0.717, 1.165) is 112 Å². The Morgan fingerprint density at radius 2 is 0.866 bits per heavy atom. The quantitative estimate of drug-likeness (QED) is 0.0283.